The van der Waals surface area contributed by atoms with Crippen LogP contribution in [0, 0.1) is 0 Å². The van der Waals surface area contributed by atoms with Crippen LogP contribution in [0.5, 0.6) is 0 Å². The number of hydrogen-bond acceptors (Lipinski definition) is 4. The first kappa shape index (κ1) is 15.4. The van der Waals surface area contributed by atoms with Gasteiger partial charge in [0.1, 0.15) is 4.90 Å². The lowest BCUT2D eigenvalue weighted by atomic mass is 10.3. The van der Waals surface area contributed by atoms with Crippen molar-refractivity contribution < 1.29 is 8.42 Å². The Hall–Kier alpha value is -0.500. The topological polar surface area (TPSA) is 68.3 Å². The Kier molecular flexibility index (Phi) is 4.36. The zero-order valence-electron chi connectivity index (χ0n) is 12.4. The molecule has 1 unspecified atom stereocenters. The summed E-state index contributed by atoms with van der Waals surface area (Å²) >= 11 is 1.87. The lowest BCUT2D eigenvalue weighted by Crippen LogP contribution is -2.41. The quantitative estimate of drug-likeness (QED) is 0.894. The van der Waals surface area contributed by atoms with Crippen LogP contribution in [0.15, 0.2) is 17.2 Å². The van der Waals surface area contributed by atoms with Crippen LogP contribution in [0.4, 0.5) is 0 Å². The summed E-state index contributed by atoms with van der Waals surface area (Å²) in [5, 5.41) is 0.410. The molecule has 3 rings (SSSR count). The van der Waals surface area contributed by atoms with Crippen molar-refractivity contribution in [3.8, 4) is 0 Å². The average molecular weight is 329 g/mol. The van der Waals surface area contributed by atoms with Gasteiger partial charge in [0, 0.05) is 48.6 Å². The highest BCUT2D eigenvalue weighted by atomic mass is 32.2. The lowest BCUT2D eigenvalue weighted by Gasteiger charge is -2.30. The van der Waals surface area contributed by atoms with Crippen molar-refractivity contribution in [2.45, 2.75) is 48.9 Å². The van der Waals surface area contributed by atoms with E-state index >= 15 is 0 Å². The van der Waals surface area contributed by atoms with Crippen LogP contribution in [-0.2, 0) is 16.6 Å². The van der Waals surface area contributed by atoms with Crippen molar-refractivity contribution in [3.05, 3.63) is 18.0 Å². The van der Waals surface area contributed by atoms with Gasteiger partial charge in [0.05, 0.1) is 0 Å². The van der Waals surface area contributed by atoms with E-state index in [0.717, 1.165) is 30.7 Å². The minimum atomic E-state index is -3.38. The fourth-order valence-corrected chi connectivity index (χ4v) is 5.73. The maximum absolute atomic E-state index is 12.8. The van der Waals surface area contributed by atoms with Gasteiger partial charge in [0.25, 0.3) is 0 Å². The average Bonchev–Trinajstić information content (AvgIpc) is 3.25. The minimum absolute atomic E-state index is 0.388. The van der Waals surface area contributed by atoms with Crippen LogP contribution >= 0.6 is 11.8 Å². The van der Waals surface area contributed by atoms with Crippen LogP contribution in [-0.4, -0.2) is 41.4 Å². The molecule has 0 aromatic carbocycles. The normalized spacial score (nSPS) is 24.4. The summed E-state index contributed by atoms with van der Waals surface area (Å²) in [6, 6.07) is 2.21. The first-order chi connectivity index (χ1) is 10.1. The highest BCUT2D eigenvalue weighted by Crippen LogP contribution is 2.37. The molecule has 1 aromatic rings. The molecule has 0 bridgehead atoms. The van der Waals surface area contributed by atoms with E-state index in [1.165, 1.54) is 0 Å². The molecule has 0 spiro atoms. The molecule has 1 atom stereocenters. The summed E-state index contributed by atoms with van der Waals surface area (Å²) in [5.74, 6) is 0.880. The molecule has 1 saturated heterocycles. The third-order valence-corrected chi connectivity index (χ3v) is 7.45. The summed E-state index contributed by atoms with van der Waals surface area (Å²) in [7, 11) is -3.38. The van der Waals surface area contributed by atoms with Crippen LogP contribution in [0.1, 0.15) is 37.9 Å². The van der Waals surface area contributed by atoms with Gasteiger partial charge in [0.2, 0.25) is 10.0 Å². The molecular weight excluding hydrogens is 306 g/mol. The molecular formula is C14H23N3O2S2. The maximum Gasteiger partial charge on any atom is 0.244 e. The van der Waals surface area contributed by atoms with Crippen molar-refractivity contribution >= 4 is 21.8 Å². The third kappa shape index (κ3) is 3.02. The molecule has 1 aromatic heterocycles. The van der Waals surface area contributed by atoms with E-state index in [0.29, 0.717) is 35.8 Å². The monoisotopic (exact) mass is 329 g/mol. The van der Waals surface area contributed by atoms with Crippen molar-refractivity contribution in [2.75, 3.05) is 18.8 Å². The second kappa shape index (κ2) is 5.95. The Morgan fingerprint density at radius 1 is 1.43 bits per heavy atom. The molecule has 1 saturated carbocycles. The Morgan fingerprint density at radius 3 is 2.81 bits per heavy atom. The fraction of sp³-hybridized carbons (Fsp3) is 0.714. The molecule has 0 amide bonds. The van der Waals surface area contributed by atoms with Gasteiger partial charge in [-0.3, -0.25) is 0 Å². The van der Waals surface area contributed by atoms with Gasteiger partial charge in [0.15, 0.2) is 0 Å². The van der Waals surface area contributed by atoms with Gasteiger partial charge in [-0.05, 0) is 25.3 Å². The molecule has 1 aliphatic carbocycles. The molecule has 118 valence electrons. The van der Waals surface area contributed by atoms with Gasteiger partial charge in [-0.1, -0.05) is 6.92 Å². The third-order valence-electron chi connectivity index (χ3n) is 4.25. The number of rotatable bonds is 5. The summed E-state index contributed by atoms with van der Waals surface area (Å²) in [6.07, 6.45) is 5.05. The molecule has 2 fully saturated rings. The molecule has 0 radical (unpaired) electrons. The van der Waals surface area contributed by atoms with E-state index in [1.54, 1.807) is 16.6 Å². The first-order valence-electron chi connectivity index (χ1n) is 7.58. The summed E-state index contributed by atoms with van der Waals surface area (Å²) in [6.45, 7) is 3.73. The summed E-state index contributed by atoms with van der Waals surface area (Å²) < 4.78 is 29.4. The Balaban J connectivity index is 1.87. The van der Waals surface area contributed by atoms with E-state index < -0.39 is 10.0 Å². The largest absolute Gasteiger partial charge is 0.346 e. The zero-order valence-corrected chi connectivity index (χ0v) is 14.0. The number of nitrogens with zero attached hydrogens (tertiary/aromatic N) is 2. The fourth-order valence-electron chi connectivity index (χ4n) is 2.80. The highest BCUT2D eigenvalue weighted by molar-refractivity contribution is 8.00. The Morgan fingerprint density at radius 2 is 2.19 bits per heavy atom. The lowest BCUT2D eigenvalue weighted by molar-refractivity contribution is 0.416. The smallest absolute Gasteiger partial charge is 0.244 e. The predicted molar refractivity (Wildman–Crippen MR) is 85.9 cm³/mol. The Labute approximate surface area is 130 Å². The highest BCUT2D eigenvalue weighted by Gasteiger charge is 2.33. The summed E-state index contributed by atoms with van der Waals surface area (Å²) in [4.78, 5) is 0.414. The number of aromatic nitrogens is 1. The van der Waals surface area contributed by atoms with Crippen LogP contribution in [0.25, 0.3) is 0 Å². The predicted octanol–water partition coefficient (Wildman–Crippen LogP) is 1.80. The number of hydrogen-bond donors (Lipinski definition) is 1. The standard InChI is InChI=1S/C14H23N3O2S2/c1-2-13-9-16(5-6-20-13)21(18,19)14-7-12(8-15)17(10-14)11-3-4-11/h7,10-11,13H,2-6,8-9,15H2,1H3. The number of nitrogens with two attached hydrogens (primary N) is 1. The van der Waals surface area contributed by atoms with Crippen LogP contribution in [0.2, 0.25) is 0 Å². The zero-order chi connectivity index (χ0) is 15.0. The number of thioether (sulfide) groups is 1. The SMILES string of the molecule is CCC1CN(S(=O)(=O)c2cc(CN)n(C3CC3)c2)CCS1. The van der Waals surface area contributed by atoms with Crippen LogP contribution < -0.4 is 5.73 Å². The van der Waals surface area contributed by atoms with Gasteiger partial charge in [-0.15, -0.1) is 0 Å². The summed E-state index contributed by atoms with van der Waals surface area (Å²) in [5.41, 5.74) is 6.69. The first-order valence-corrected chi connectivity index (χ1v) is 10.1. The second-order valence-electron chi connectivity index (χ2n) is 5.77. The molecule has 7 heteroatoms. The molecule has 2 aliphatic rings. The van der Waals surface area contributed by atoms with Gasteiger partial charge in [-0.2, -0.15) is 16.1 Å². The van der Waals surface area contributed by atoms with E-state index in [4.69, 9.17) is 5.73 Å². The van der Waals surface area contributed by atoms with Crippen molar-refractivity contribution in [1.29, 1.82) is 0 Å². The molecule has 2 heterocycles. The van der Waals surface area contributed by atoms with E-state index in [-0.39, 0.29) is 0 Å². The second-order valence-corrected chi connectivity index (χ2v) is 9.12. The van der Waals surface area contributed by atoms with E-state index in [1.807, 2.05) is 11.8 Å². The van der Waals surface area contributed by atoms with Crippen molar-refractivity contribution in [2.24, 2.45) is 5.73 Å². The van der Waals surface area contributed by atoms with Crippen LogP contribution in [0.3, 0.4) is 0 Å². The number of sulfonamides is 1. The van der Waals surface area contributed by atoms with E-state index in [9.17, 15) is 8.42 Å². The van der Waals surface area contributed by atoms with Gasteiger partial charge < -0.3 is 10.3 Å². The van der Waals surface area contributed by atoms with Crippen molar-refractivity contribution in [1.82, 2.24) is 8.87 Å². The van der Waals surface area contributed by atoms with Gasteiger partial charge >= 0.3 is 0 Å². The Bertz CT molecular complexity index is 608. The van der Waals surface area contributed by atoms with Gasteiger partial charge in [-0.25, -0.2) is 8.42 Å². The molecule has 5 nitrogen and oxygen atoms in total. The van der Waals surface area contributed by atoms with E-state index in [2.05, 4.69) is 11.5 Å². The molecule has 21 heavy (non-hydrogen) atoms. The minimum Gasteiger partial charge on any atom is -0.346 e. The maximum atomic E-state index is 12.8. The van der Waals surface area contributed by atoms with Crippen molar-refractivity contribution in [3.63, 3.8) is 0 Å². The molecule has 2 N–H and O–H groups in total. The molecule has 1 aliphatic heterocycles.